The highest BCUT2D eigenvalue weighted by atomic mass is 16.5. The lowest BCUT2D eigenvalue weighted by atomic mass is 10.0. The highest BCUT2D eigenvalue weighted by Gasteiger charge is 2.25. The topological polar surface area (TPSA) is 78.9 Å². The van der Waals surface area contributed by atoms with E-state index >= 15 is 0 Å². The molecule has 1 aliphatic heterocycles. The fourth-order valence-electron chi connectivity index (χ4n) is 3.12. The molecule has 1 heterocycles. The zero-order chi connectivity index (χ0) is 17.9. The molecule has 0 aromatic heterocycles. The number of amides is 1. The Morgan fingerprint density at radius 2 is 1.84 bits per heavy atom. The van der Waals surface area contributed by atoms with Gasteiger partial charge in [-0.25, -0.2) is 4.79 Å². The molecule has 1 aromatic rings. The third-order valence-electron chi connectivity index (χ3n) is 4.50. The number of carboxylic acids is 1. The summed E-state index contributed by atoms with van der Waals surface area (Å²) < 4.78 is 5.14. The van der Waals surface area contributed by atoms with E-state index in [1.165, 1.54) is 6.42 Å². The van der Waals surface area contributed by atoms with Crippen LogP contribution < -0.4 is 5.32 Å². The summed E-state index contributed by atoms with van der Waals surface area (Å²) in [6, 6.07) is 9.12. The average molecular weight is 348 g/mol. The van der Waals surface area contributed by atoms with Gasteiger partial charge in [-0.15, -0.1) is 0 Å². The number of hydrogen-bond donors (Lipinski definition) is 2. The number of rotatable bonds is 9. The monoisotopic (exact) mass is 348 g/mol. The van der Waals surface area contributed by atoms with Gasteiger partial charge in [0.15, 0.2) is 0 Å². The molecule has 2 N–H and O–H groups in total. The standard InChI is InChI=1S/C19H28N2O4/c22-18(23)17(21-13-7-2-8-14-21)11-5-6-12-20-19(24)25-15-16-9-3-1-4-10-16/h1,3-4,9-10,17H,2,5-8,11-15H2,(H,20,24)(H,22,23)/t17-/m0/s1. The van der Waals surface area contributed by atoms with E-state index in [4.69, 9.17) is 4.74 Å². The van der Waals surface area contributed by atoms with Gasteiger partial charge in [0.25, 0.3) is 0 Å². The normalized spacial score (nSPS) is 16.2. The van der Waals surface area contributed by atoms with Crippen LogP contribution in [0.3, 0.4) is 0 Å². The molecular formula is C19H28N2O4. The Labute approximate surface area is 149 Å². The van der Waals surface area contributed by atoms with Gasteiger partial charge in [-0.05, 0) is 50.8 Å². The number of alkyl carbamates (subject to hydrolysis) is 1. The van der Waals surface area contributed by atoms with Crippen LogP contribution in [0.25, 0.3) is 0 Å². The summed E-state index contributed by atoms with van der Waals surface area (Å²) in [7, 11) is 0. The molecule has 6 heteroatoms. The Kier molecular flexibility index (Phi) is 8.25. The lowest BCUT2D eigenvalue weighted by Gasteiger charge is -2.32. The van der Waals surface area contributed by atoms with Crippen LogP contribution in [0.15, 0.2) is 30.3 Å². The molecule has 2 rings (SSSR count). The van der Waals surface area contributed by atoms with Crippen molar-refractivity contribution < 1.29 is 19.4 Å². The lowest BCUT2D eigenvalue weighted by molar-refractivity contribution is -0.144. The number of hydrogen-bond acceptors (Lipinski definition) is 4. The van der Waals surface area contributed by atoms with Crippen LogP contribution in [-0.4, -0.2) is 47.7 Å². The molecule has 0 unspecified atom stereocenters. The number of carboxylic acid groups (broad SMARTS) is 1. The van der Waals surface area contributed by atoms with E-state index < -0.39 is 18.1 Å². The summed E-state index contributed by atoms with van der Waals surface area (Å²) >= 11 is 0. The van der Waals surface area contributed by atoms with Crippen molar-refractivity contribution in [3.63, 3.8) is 0 Å². The highest BCUT2D eigenvalue weighted by molar-refractivity contribution is 5.73. The maximum Gasteiger partial charge on any atom is 0.407 e. The van der Waals surface area contributed by atoms with Crippen molar-refractivity contribution in [2.24, 2.45) is 0 Å². The smallest absolute Gasteiger partial charge is 0.407 e. The number of carbonyl (C=O) groups is 2. The summed E-state index contributed by atoms with van der Waals surface area (Å²) in [6.07, 6.45) is 5.06. The third kappa shape index (κ3) is 7.13. The Bertz CT molecular complexity index is 529. The molecule has 0 saturated carbocycles. The van der Waals surface area contributed by atoms with E-state index in [0.29, 0.717) is 13.0 Å². The quantitative estimate of drug-likeness (QED) is 0.671. The number of piperidine rings is 1. The van der Waals surface area contributed by atoms with Gasteiger partial charge in [-0.2, -0.15) is 0 Å². The Hall–Kier alpha value is -2.08. The number of carbonyl (C=O) groups excluding carboxylic acids is 1. The van der Waals surface area contributed by atoms with Crippen LogP contribution in [0.5, 0.6) is 0 Å². The van der Waals surface area contributed by atoms with Crippen molar-refractivity contribution in [2.45, 2.75) is 51.2 Å². The van der Waals surface area contributed by atoms with Gasteiger partial charge in [0.2, 0.25) is 0 Å². The van der Waals surface area contributed by atoms with Gasteiger partial charge in [0.05, 0.1) is 0 Å². The van der Waals surface area contributed by atoms with Crippen molar-refractivity contribution in [1.29, 1.82) is 0 Å². The SMILES string of the molecule is O=C(NCCCC[C@@H](C(=O)O)N1CCCCC1)OCc1ccccc1. The fraction of sp³-hybridized carbons (Fsp3) is 0.579. The zero-order valence-corrected chi connectivity index (χ0v) is 14.7. The number of likely N-dealkylation sites (tertiary alicyclic amines) is 1. The zero-order valence-electron chi connectivity index (χ0n) is 14.7. The molecule has 1 fully saturated rings. The van der Waals surface area contributed by atoms with Crippen molar-refractivity contribution in [1.82, 2.24) is 10.2 Å². The Morgan fingerprint density at radius 1 is 1.12 bits per heavy atom. The summed E-state index contributed by atoms with van der Waals surface area (Å²) in [6.45, 7) is 2.50. The van der Waals surface area contributed by atoms with Crippen LogP contribution in [0.4, 0.5) is 4.79 Å². The van der Waals surface area contributed by atoms with E-state index in [1.807, 2.05) is 30.3 Å². The molecule has 1 aliphatic rings. The second kappa shape index (κ2) is 10.7. The number of nitrogens with zero attached hydrogens (tertiary/aromatic N) is 1. The van der Waals surface area contributed by atoms with Gasteiger partial charge >= 0.3 is 12.1 Å². The van der Waals surface area contributed by atoms with Gasteiger partial charge < -0.3 is 15.2 Å². The second-order valence-corrected chi connectivity index (χ2v) is 6.43. The Balaban J connectivity index is 1.58. The average Bonchev–Trinajstić information content (AvgIpc) is 2.64. The molecule has 0 bridgehead atoms. The van der Waals surface area contributed by atoms with E-state index in [9.17, 15) is 14.7 Å². The predicted octanol–water partition coefficient (Wildman–Crippen LogP) is 3.02. The number of benzene rings is 1. The van der Waals surface area contributed by atoms with Crippen molar-refractivity contribution in [2.75, 3.05) is 19.6 Å². The van der Waals surface area contributed by atoms with Crippen LogP contribution in [0.1, 0.15) is 44.1 Å². The highest BCUT2D eigenvalue weighted by Crippen LogP contribution is 2.16. The minimum atomic E-state index is -0.739. The molecule has 138 valence electrons. The molecule has 0 aliphatic carbocycles. The first kappa shape index (κ1) is 19.2. The summed E-state index contributed by atoms with van der Waals surface area (Å²) in [4.78, 5) is 25.2. The van der Waals surface area contributed by atoms with E-state index in [-0.39, 0.29) is 6.61 Å². The van der Waals surface area contributed by atoms with Crippen LogP contribution >= 0.6 is 0 Å². The molecular weight excluding hydrogens is 320 g/mol. The van der Waals surface area contributed by atoms with Gasteiger partial charge in [0, 0.05) is 6.54 Å². The molecule has 0 radical (unpaired) electrons. The molecule has 1 amide bonds. The van der Waals surface area contributed by atoms with Crippen molar-refractivity contribution >= 4 is 12.1 Å². The largest absolute Gasteiger partial charge is 0.480 e. The Morgan fingerprint density at radius 3 is 2.52 bits per heavy atom. The molecule has 6 nitrogen and oxygen atoms in total. The second-order valence-electron chi connectivity index (χ2n) is 6.43. The minimum Gasteiger partial charge on any atom is -0.480 e. The maximum atomic E-state index is 11.6. The molecule has 1 atom stereocenters. The third-order valence-corrected chi connectivity index (χ3v) is 4.50. The van der Waals surface area contributed by atoms with Gasteiger partial charge in [-0.3, -0.25) is 9.69 Å². The van der Waals surface area contributed by atoms with E-state index in [2.05, 4.69) is 10.2 Å². The molecule has 0 spiro atoms. The van der Waals surface area contributed by atoms with Crippen LogP contribution in [-0.2, 0) is 16.1 Å². The van der Waals surface area contributed by atoms with Crippen molar-refractivity contribution in [3.05, 3.63) is 35.9 Å². The number of unbranched alkanes of at least 4 members (excludes halogenated alkanes) is 1. The first-order valence-electron chi connectivity index (χ1n) is 9.08. The summed E-state index contributed by atoms with van der Waals surface area (Å²) in [5.41, 5.74) is 0.948. The van der Waals surface area contributed by atoms with E-state index in [1.54, 1.807) is 0 Å². The number of aliphatic carboxylic acids is 1. The maximum absolute atomic E-state index is 11.6. The first-order valence-corrected chi connectivity index (χ1v) is 9.08. The molecule has 1 saturated heterocycles. The van der Waals surface area contributed by atoms with Crippen molar-refractivity contribution in [3.8, 4) is 0 Å². The summed E-state index contributed by atoms with van der Waals surface area (Å²) in [5, 5.41) is 12.1. The number of nitrogens with one attached hydrogen (secondary N) is 1. The number of ether oxygens (including phenoxy) is 1. The van der Waals surface area contributed by atoms with Crippen LogP contribution in [0.2, 0.25) is 0 Å². The minimum absolute atomic E-state index is 0.253. The van der Waals surface area contributed by atoms with Gasteiger partial charge in [0.1, 0.15) is 12.6 Å². The lowest BCUT2D eigenvalue weighted by Crippen LogP contribution is -2.44. The van der Waals surface area contributed by atoms with E-state index in [0.717, 1.165) is 44.3 Å². The van der Waals surface area contributed by atoms with Crippen LogP contribution in [0, 0.1) is 0 Å². The molecule has 25 heavy (non-hydrogen) atoms. The van der Waals surface area contributed by atoms with Gasteiger partial charge in [-0.1, -0.05) is 36.8 Å². The molecule has 1 aromatic carbocycles. The summed E-state index contributed by atoms with van der Waals surface area (Å²) in [5.74, 6) is -0.739. The first-order chi connectivity index (χ1) is 12.2. The predicted molar refractivity (Wildman–Crippen MR) is 95.3 cm³/mol. The fourth-order valence-corrected chi connectivity index (χ4v) is 3.12.